The second-order valence-electron chi connectivity index (χ2n) is 5.61. The molecular weight excluding hydrogens is 222 g/mol. The van der Waals surface area contributed by atoms with Crippen molar-refractivity contribution in [3.8, 4) is 0 Å². The molecule has 0 aliphatic carbocycles. The van der Waals surface area contributed by atoms with Gasteiger partial charge >= 0.3 is 0 Å². The number of aryl methyl sites for hydroxylation is 1. The van der Waals surface area contributed by atoms with Crippen molar-refractivity contribution >= 4 is 11.5 Å². The molecule has 1 aromatic carbocycles. The highest BCUT2D eigenvalue weighted by molar-refractivity contribution is 6.00. The predicted octanol–water partition coefficient (Wildman–Crippen LogP) is 2.90. The molecule has 0 aromatic heterocycles. The molecule has 0 saturated carbocycles. The minimum Gasteiger partial charge on any atom is -0.384 e. The largest absolute Gasteiger partial charge is 0.384 e. The number of hydrogen-bond acceptors (Lipinski definition) is 2. The summed E-state index contributed by atoms with van der Waals surface area (Å²) in [6, 6.07) is 6.75. The Morgan fingerprint density at radius 2 is 2.11 bits per heavy atom. The Morgan fingerprint density at radius 3 is 2.72 bits per heavy atom. The minimum absolute atomic E-state index is 0.166. The van der Waals surface area contributed by atoms with Crippen molar-refractivity contribution in [2.24, 2.45) is 11.7 Å². The summed E-state index contributed by atoms with van der Waals surface area (Å²) in [5, 5.41) is 7.75. The molecule has 0 spiro atoms. The zero-order valence-electron chi connectivity index (χ0n) is 11.5. The van der Waals surface area contributed by atoms with Gasteiger partial charge in [0.05, 0.1) is 0 Å². The van der Waals surface area contributed by atoms with Gasteiger partial charge in [-0.3, -0.25) is 5.41 Å². The maximum Gasteiger partial charge on any atom is 0.124 e. The van der Waals surface area contributed by atoms with Crippen LogP contribution in [-0.4, -0.2) is 18.4 Å². The average molecular weight is 245 g/mol. The number of nitrogens with one attached hydrogen (secondary N) is 1. The van der Waals surface area contributed by atoms with E-state index >= 15 is 0 Å². The molecule has 1 aromatic rings. The molecular formula is C15H23N3. The van der Waals surface area contributed by atoms with Crippen LogP contribution < -0.4 is 10.6 Å². The molecule has 2 unspecified atom stereocenters. The summed E-state index contributed by atoms with van der Waals surface area (Å²) in [4.78, 5) is 2.40. The zero-order valence-corrected chi connectivity index (χ0v) is 11.5. The molecule has 18 heavy (non-hydrogen) atoms. The number of piperidine rings is 1. The van der Waals surface area contributed by atoms with Crippen molar-refractivity contribution in [1.29, 1.82) is 5.41 Å². The number of nitrogens with two attached hydrogens (primary N) is 1. The van der Waals surface area contributed by atoms with Crippen molar-refractivity contribution in [3.63, 3.8) is 0 Å². The topological polar surface area (TPSA) is 53.1 Å². The molecule has 98 valence electrons. The van der Waals surface area contributed by atoms with Crippen LogP contribution in [0.3, 0.4) is 0 Å². The van der Waals surface area contributed by atoms with Gasteiger partial charge in [0.15, 0.2) is 0 Å². The first kappa shape index (κ1) is 12.9. The van der Waals surface area contributed by atoms with Crippen LogP contribution in [0, 0.1) is 18.3 Å². The Kier molecular flexibility index (Phi) is 3.60. The first-order chi connectivity index (χ1) is 8.49. The van der Waals surface area contributed by atoms with Gasteiger partial charge in [0, 0.05) is 23.8 Å². The second kappa shape index (κ2) is 5.01. The number of hydrogen-bond donors (Lipinski definition) is 2. The zero-order chi connectivity index (χ0) is 13.3. The van der Waals surface area contributed by atoms with Crippen LogP contribution in [-0.2, 0) is 0 Å². The van der Waals surface area contributed by atoms with E-state index in [0.29, 0.717) is 6.04 Å². The summed E-state index contributed by atoms with van der Waals surface area (Å²) in [6.45, 7) is 7.68. The Bertz CT molecular complexity index is 453. The third kappa shape index (κ3) is 2.50. The Morgan fingerprint density at radius 1 is 1.39 bits per heavy atom. The Balaban J connectivity index is 2.35. The van der Waals surface area contributed by atoms with Crippen LogP contribution in [0.4, 0.5) is 5.69 Å². The Labute approximate surface area is 109 Å². The molecule has 1 aliphatic rings. The first-order valence-electron chi connectivity index (χ1n) is 6.70. The van der Waals surface area contributed by atoms with Crippen LogP contribution in [0.2, 0.25) is 0 Å². The van der Waals surface area contributed by atoms with Gasteiger partial charge in [0.2, 0.25) is 0 Å². The third-order valence-corrected chi connectivity index (χ3v) is 3.89. The van der Waals surface area contributed by atoms with Gasteiger partial charge in [0.25, 0.3) is 0 Å². The molecule has 3 N–H and O–H groups in total. The highest BCUT2D eigenvalue weighted by Crippen LogP contribution is 2.30. The monoisotopic (exact) mass is 245 g/mol. The third-order valence-electron chi connectivity index (χ3n) is 3.89. The van der Waals surface area contributed by atoms with Gasteiger partial charge in [-0.2, -0.15) is 0 Å². The van der Waals surface area contributed by atoms with Crippen molar-refractivity contribution in [2.45, 2.75) is 39.7 Å². The van der Waals surface area contributed by atoms with E-state index < -0.39 is 0 Å². The summed E-state index contributed by atoms with van der Waals surface area (Å²) < 4.78 is 0. The minimum atomic E-state index is 0.166. The Hall–Kier alpha value is -1.51. The van der Waals surface area contributed by atoms with Gasteiger partial charge < -0.3 is 10.6 Å². The fourth-order valence-electron chi connectivity index (χ4n) is 2.88. The van der Waals surface area contributed by atoms with Crippen LogP contribution in [0.25, 0.3) is 0 Å². The molecule has 0 bridgehead atoms. The first-order valence-corrected chi connectivity index (χ1v) is 6.70. The van der Waals surface area contributed by atoms with E-state index in [0.717, 1.165) is 29.3 Å². The highest BCUT2D eigenvalue weighted by atomic mass is 15.2. The highest BCUT2D eigenvalue weighted by Gasteiger charge is 2.25. The van der Waals surface area contributed by atoms with E-state index in [9.17, 15) is 0 Å². The summed E-state index contributed by atoms with van der Waals surface area (Å²) in [7, 11) is 0. The molecule has 1 fully saturated rings. The van der Waals surface area contributed by atoms with Crippen LogP contribution >= 0.6 is 0 Å². The van der Waals surface area contributed by atoms with Crippen molar-refractivity contribution in [3.05, 3.63) is 29.3 Å². The number of anilines is 1. The lowest BCUT2D eigenvalue weighted by atomic mass is 9.92. The fourth-order valence-corrected chi connectivity index (χ4v) is 2.88. The van der Waals surface area contributed by atoms with Crippen molar-refractivity contribution in [1.82, 2.24) is 0 Å². The van der Waals surface area contributed by atoms with E-state index in [1.807, 2.05) is 13.0 Å². The molecule has 0 amide bonds. The summed E-state index contributed by atoms with van der Waals surface area (Å²) in [5.74, 6) is 0.960. The number of nitrogen functional groups attached to an aromatic ring is 1. The number of amidine groups is 1. The van der Waals surface area contributed by atoms with E-state index in [2.05, 4.69) is 30.9 Å². The van der Waals surface area contributed by atoms with Crippen LogP contribution in [0.15, 0.2) is 18.2 Å². The standard InChI is InChI=1S/C15H23N3/c1-10-4-5-14(13(9-10)15(16)17)18-7-6-11(2)8-12(18)3/h4-5,9,11-12H,6-8H2,1-3H3,(H3,16,17). The molecule has 1 heterocycles. The van der Waals surface area contributed by atoms with Gasteiger partial charge in [-0.15, -0.1) is 0 Å². The van der Waals surface area contributed by atoms with E-state index in [1.165, 1.54) is 12.8 Å². The molecule has 3 nitrogen and oxygen atoms in total. The average Bonchev–Trinajstić information content (AvgIpc) is 2.29. The molecule has 3 heteroatoms. The SMILES string of the molecule is Cc1ccc(N2CCC(C)CC2C)c(C(=N)N)c1. The summed E-state index contributed by atoms with van der Waals surface area (Å²) in [6.07, 6.45) is 2.43. The van der Waals surface area contributed by atoms with Gasteiger partial charge in [-0.25, -0.2) is 0 Å². The van der Waals surface area contributed by atoms with Crippen molar-refractivity contribution in [2.75, 3.05) is 11.4 Å². The predicted molar refractivity (Wildman–Crippen MR) is 77.4 cm³/mol. The molecule has 1 saturated heterocycles. The summed E-state index contributed by atoms with van der Waals surface area (Å²) in [5.41, 5.74) is 8.86. The van der Waals surface area contributed by atoms with E-state index in [1.54, 1.807) is 0 Å². The number of nitrogens with zero attached hydrogens (tertiary/aromatic N) is 1. The van der Waals surface area contributed by atoms with Crippen LogP contribution in [0.5, 0.6) is 0 Å². The van der Waals surface area contributed by atoms with Crippen molar-refractivity contribution < 1.29 is 0 Å². The lowest BCUT2D eigenvalue weighted by Gasteiger charge is -2.39. The fraction of sp³-hybridized carbons (Fsp3) is 0.533. The smallest absolute Gasteiger partial charge is 0.124 e. The van der Waals surface area contributed by atoms with Gasteiger partial charge in [-0.1, -0.05) is 18.6 Å². The van der Waals surface area contributed by atoms with E-state index in [4.69, 9.17) is 11.1 Å². The number of rotatable bonds is 2. The molecule has 1 aliphatic heterocycles. The lowest BCUT2D eigenvalue weighted by molar-refractivity contribution is 0.378. The molecule has 2 atom stereocenters. The molecule has 2 rings (SSSR count). The second-order valence-corrected chi connectivity index (χ2v) is 5.61. The number of benzene rings is 1. The quantitative estimate of drug-likeness (QED) is 0.622. The van der Waals surface area contributed by atoms with E-state index in [-0.39, 0.29) is 5.84 Å². The van der Waals surface area contributed by atoms with Gasteiger partial charge in [-0.05, 0) is 44.7 Å². The maximum absolute atomic E-state index is 7.75. The maximum atomic E-state index is 7.75. The van der Waals surface area contributed by atoms with Crippen LogP contribution in [0.1, 0.15) is 37.8 Å². The van der Waals surface area contributed by atoms with Gasteiger partial charge in [0.1, 0.15) is 5.84 Å². The summed E-state index contributed by atoms with van der Waals surface area (Å²) >= 11 is 0. The normalized spacial score (nSPS) is 24.1. The lowest BCUT2D eigenvalue weighted by Crippen LogP contribution is -2.41. The molecule has 0 radical (unpaired) electrons.